The van der Waals surface area contributed by atoms with Crippen molar-refractivity contribution in [2.75, 3.05) is 25.4 Å². The molecule has 0 radical (unpaired) electrons. The number of likely N-dealkylation sites (tertiary alicyclic amines) is 1. The van der Waals surface area contributed by atoms with Crippen molar-refractivity contribution >= 4 is 24.2 Å². The zero-order valence-corrected chi connectivity index (χ0v) is 16.2. The highest BCUT2D eigenvalue weighted by atomic mass is 35.5. The van der Waals surface area contributed by atoms with Crippen LogP contribution in [0.15, 0.2) is 48.5 Å². The van der Waals surface area contributed by atoms with Gasteiger partial charge in [-0.1, -0.05) is 42.8 Å². The SMILES string of the molecule is Cl.c1ccc2c(c1)Oc1ccccc1C2SCCCN1CCCCC1. The molecule has 0 bridgehead atoms. The molecule has 134 valence electrons. The standard InChI is InChI=1S/C21H25NOS.ClH/c1-6-13-22(14-7-1)15-8-16-24-21-17-9-2-4-11-19(17)23-20-12-5-3-10-18(20)21;/h2-5,9-12,21H,1,6-8,13-16H2;1H. The van der Waals surface area contributed by atoms with Crippen LogP contribution in [0.25, 0.3) is 0 Å². The predicted octanol–water partition coefficient (Wildman–Crippen LogP) is 5.91. The Morgan fingerprint density at radius 2 is 1.48 bits per heavy atom. The molecule has 2 aromatic carbocycles. The molecule has 2 aliphatic rings. The smallest absolute Gasteiger partial charge is 0.132 e. The van der Waals surface area contributed by atoms with E-state index in [-0.39, 0.29) is 12.4 Å². The van der Waals surface area contributed by atoms with Crippen molar-refractivity contribution in [1.29, 1.82) is 0 Å². The third-order valence-electron chi connectivity index (χ3n) is 4.97. The topological polar surface area (TPSA) is 12.5 Å². The zero-order chi connectivity index (χ0) is 16.2. The van der Waals surface area contributed by atoms with Crippen molar-refractivity contribution in [3.05, 3.63) is 59.7 Å². The molecule has 0 atom stereocenters. The van der Waals surface area contributed by atoms with E-state index in [1.54, 1.807) is 0 Å². The lowest BCUT2D eigenvalue weighted by Gasteiger charge is -2.29. The fourth-order valence-corrected chi connectivity index (χ4v) is 5.00. The molecule has 0 unspecified atom stereocenters. The maximum absolute atomic E-state index is 6.09. The summed E-state index contributed by atoms with van der Waals surface area (Å²) in [5, 5.41) is 0.396. The predicted molar refractivity (Wildman–Crippen MR) is 109 cm³/mol. The highest BCUT2D eigenvalue weighted by Crippen LogP contribution is 2.49. The van der Waals surface area contributed by atoms with Gasteiger partial charge in [-0.25, -0.2) is 0 Å². The van der Waals surface area contributed by atoms with Gasteiger partial charge >= 0.3 is 0 Å². The Bertz CT molecular complexity index is 642. The summed E-state index contributed by atoms with van der Waals surface area (Å²) in [6, 6.07) is 17.0. The van der Waals surface area contributed by atoms with Crippen LogP contribution in [0.5, 0.6) is 11.5 Å². The molecule has 0 amide bonds. The van der Waals surface area contributed by atoms with E-state index in [4.69, 9.17) is 4.74 Å². The van der Waals surface area contributed by atoms with Gasteiger partial charge in [0.1, 0.15) is 11.5 Å². The van der Waals surface area contributed by atoms with E-state index in [2.05, 4.69) is 65.2 Å². The average Bonchev–Trinajstić information content (AvgIpc) is 2.65. The fourth-order valence-electron chi connectivity index (χ4n) is 3.72. The van der Waals surface area contributed by atoms with Gasteiger partial charge < -0.3 is 9.64 Å². The molecule has 4 heteroatoms. The molecule has 0 N–H and O–H groups in total. The second kappa shape index (κ2) is 8.98. The summed E-state index contributed by atoms with van der Waals surface area (Å²) < 4.78 is 6.09. The van der Waals surface area contributed by atoms with E-state index in [0.717, 1.165) is 11.5 Å². The van der Waals surface area contributed by atoms with Gasteiger partial charge in [0, 0.05) is 11.1 Å². The first-order valence-electron chi connectivity index (χ1n) is 9.11. The number of hydrogen-bond acceptors (Lipinski definition) is 3. The quantitative estimate of drug-likeness (QED) is 0.602. The average molecular weight is 376 g/mol. The number of fused-ring (bicyclic) bond motifs is 2. The molecule has 2 aromatic rings. The minimum atomic E-state index is 0. The summed E-state index contributed by atoms with van der Waals surface area (Å²) in [5.74, 6) is 3.23. The van der Waals surface area contributed by atoms with Crippen LogP contribution >= 0.6 is 24.2 Å². The van der Waals surface area contributed by atoms with Gasteiger partial charge in [-0.15, -0.1) is 24.2 Å². The van der Waals surface area contributed by atoms with Gasteiger partial charge in [-0.05, 0) is 56.8 Å². The van der Waals surface area contributed by atoms with Crippen LogP contribution in [-0.4, -0.2) is 30.3 Å². The highest BCUT2D eigenvalue weighted by Gasteiger charge is 2.26. The largest absolute Gasteiger partial charge is 0.457 e. The number of ether oxygens (including phenoxy) is 1. The van der Waals surface area contributed by atoms with Crippen molar-refractivity contribution in [2.45, 2.75) is 30.9 Å². The van der Waals surface area contributed by atoms with Crippen molar-refractivity contribution in [2.24, 2.45) is 0 Å². The number of para-hydroxylation sites is 2. The molecule has 1 saturated heterocycles. The normalized spacial score (nSPS) is 17.1. The molecule has 0 aromatic heterocycles. The van der Waals surface area contributed by atoms with E-state index >= 15 is 0 Å². The first-order chi connectivity index (χ1) is 11.9. The van der Waals surface area contributed by atoms with Gasteiger partial charge in [0.2, 0.25) is 0 Å². The van der Waals surface area contributed by atoms with Crippen LogP contribution < -0.4 is 4.74 Å². The molecular weight excluding hydrogens is 350 g/mol. The summed E-state index contributed by atoms with van der Waals surface area (Å²) >= 11 is 2.06. The Balaban J connectivity index is 0.00000182. The maximum atomic E-state index is 6.09. The Hall–Kier alpha value is -1.16. The van der Waals surface area contributed by atoms with Crippen LogP contribution in [-0.2, 0) is 0 Å². The van der Waals surface area contributed by atoms with Crippen LogP contribution in [0.2, 0.25) is 0 Å². The summed E-state index contributed by atoms with van der Waals surface area (Å²) in [5.41, 5.74) is 2.64. The number of hydrogen-bond donors (Lipinski definition) is 0. The summed E-state index contributed by atoms with van der Waals surface area (Å²) in [6.07, 6.45) is 5.45. The van der Waals surface area contributed by atoms with Crippen molar-refractivity contribution in [3.63, 3.8) is 0 Å². The third-order valence-corrected chi connectivity index (χ3v) is 6.34. The Kier molecular flexibility index (Phi) is 6.69. The molecule has 4 rings (SSSR count). The van der Waals surface area contributed by atoms with Crippen molar-refractivity contribution in [3.8, 4) is 11.5 Å². The number of benzene rings is 2. The van der Waals surface area contributed by atoms with Gasteiger partial charge in [0.25, 0.3) is 0 Å². The van der Waals surface area contributed by atoms with E-state index in [0.29, 0.717) is 5.25 Å². The van der Waals surface area contributed by atoms with Crippen LogP contribution in [0.1, 0.15) is 42.1 Å². The van der Waals surface area contributed by atoms with Gasteiger partial charge in [-0.2, -0.15) is 0 Å². The molecule has 0 aliphatic carbocycles. The molecule has 2 heterocycles. The monoisotopic (exact) mass is 375 g/mol. The van der Waals surface area contributed by atoms with Gasteiger partial charge in [-0.3, -0.25) is 0 Å². The molecule has 1 fully saturated rings. The Labute approximate surface area is 161 Å². The minimum Gasteiger partial charge on any atom is -0.457 e. The number of halogens is 1. The minimum absolute atomic E-state index is 0. The lowest BCUT2D eigenvalue weighted by molar-refractivity contribution is 0.230. The van der Waals surface area contributed by atoms with E-state index in [1.165, 1.54) is 62.2 Å². The van der Waals surface area contributed by atoms with E-state index < -0.39 is 0 Å². The van der Waals surface area contributed by atoms with Gasteiger partial charge in [0.15, 0.2) is 0 Å². The highest BCUT2D eigenvalue weighted by molar-refractivity contribution is 7.99. The number of nitrogens with zero attached hydrogens (tertiary/aromatic N) is 1. The summed E-state index contributed by atoms with van der Waals surface area (Å²) in [4.78, 5) is 2.63. The van der Waals surface area contributed by atoms with Crippen molar-refractivity contribution in [1.82, 2.24) is 4.90 Å². The molecule has 2 nitrogen and oxygen atoms in total. The van der Waals surface area contributed by atoms with E-state index in [9.17, 15) is 0 Å². The zero-order valence-electron chi connectivity index (χ0n) is 14.5. The van der Waals surface area contributed by atoms with Gasteiger partial charge in [0.05, 0.1) is 5.25 Å². The molecular formula is C21H26ClNOS. The summed E-state index contributed by atoms with van der Waals surface area (Å²) in [6.45, 7) is 3.85. The first-order valence-corrected chi connectivity index (χ1v) is 10.2. The maximum Gasteiger partial charge on any atom is 0.132 e. The first kappa shape index (κ1) is 18.6. The lowest BCUT2D eigenvalue weighted by Crippen LogP contribution is -2.30. The second-order valence-electron chi connectivity index (χ2n) is 6.68. The van der Waals surface area contributed by atoms with Crippen LogP contribution in [0.4, 0.5) is 0 Å². The number of piperidine rings is 1. The third kappa shape index (κ3) is 4.33. The Morgan fingerprint density at radius 3 is 2.12 bits per heavy atom. The van der Waals surface area contributed by atoms with Crippen LogP contribution in [0, 0.1) is 0 Å². The molecule has 0 saturated carbocycles. The fraction of sp³-hybridized carbons (Fsp3) is 0.429. The molecule has 2 aliphatic heterocycles. The number of rotatable bonds is 5. The number of thioether (sulfide) groups is 1. The summed E-state index contributed by atoms with van der Waals surface area (Å²) in [7, 11) is 0. The Morgan fingerprint density at radius 1 is 0.880 bits per heavy atom. The lowest BCUT2D eigenvalue weighted by atomic mass is 10.00. The van der Waals surface area contributed by atoms with E-state index in [1.807, 2.05) is 0 Å². The molecule has 0 spiro atoms. The second-order valence-corrected chi connectivity index (χ2v) is 7.90. The van der Waals surface area contributed by atoms with Crippen molar-refractivity contribution < 1.29 is 4.74 Å². The van der Waals surface area contributed by atoms with Crippen LogP contribution in [0.3, 0.4) is 0 Å². The molecule has 25 heavy (non-hydrogen) atoms.